The summed E-state index contributed by atoms with van der Waals surface area (Å²) in [5.41, 5.74) is 2.43. The van der Waals surface area contributed by atoms with E-state index in [0.717, 1.165) is 41.7 Å². The van der Waals surface area contributed by atoms with Crippen LogP contribution in [0.1, 0.15) is 43.7 Å². The van der Waals surface area contributed by atoms with Gasteiger partial charge in [0.1, 0.15) is 5.58 Å². The van der Waals surface area contributed by atoms with E-state index in [0.29, 0.717) is 17.8 Å². The molecule has 0 aliphatic heterocycles. The first-order valence-corrected chi connectivity index (χ1v) is 10.9. The van der Waals surface area contributed by atoms with E-state index in [1.165, 1.54) is 11.6 Å². The van der Waals surface area contributed by atoms with E-state index in [2.05, 4.69) is 22.8 Å². The second-order valence-electron chi connectivity index (χ2n) is 7.80. The number of rotatable bonds is 6. The lowest BCUT2D eigenvalue weighted by Gasteiger charge is -2.31. The third kappa shape index (κ3) is 4.75. The third-order valence-corrected chi connectivity index (χ3v) is 6.08. The van der Waals surface area contributed by atoms with Crippen molar-refractivity contribution in [1.29, 1.82) is 0 Å². The Morgan fingerprint density at radius 3 is 2.58 bits per heavy atom. The van der Waals surface area contributed by atoms with Crippen LogP contribution in [0, 0.1) is 0 Å². The predicted molar refractivity (Wildman–Crippen MR) is 122 cm³/mol. The first-order valence-electron chi connectivity index (χ1n) is 10.5. The minimum atomic E-state index is -0.548. The second-order valence-corrected chi connectivity index (χ2v) is 8.23. The van der Waals surface area contributed by atoms with Crippen LogP contribution < -0.4 is 16.3 Å². The van der Waals surface area contributed by atoms with Crippen molar-refractivity contribution in [2.45, 2.75) is 44.7 Å². The van der Waals surface area contributed by atoms with Crippen LogP contribution in [0.4, 0.5) is 10.5 Å². The van der Waals surface area contributed by atoms with Crippen molar-refractivity contribution in [1.82, 2.24) is 5.32 Å². The molecule has 1 amide bonds. The van der Waals surface area contributed by atoms with E-state index in [-0.39, 0.29) is 12.1 Å². The maximum atomic E-state index is 12.2. The minimum Gasteiger partial charge on any atom is -0.450 e. The highest BCUT2D eigenvalue weighted by molar-refractivity contribution is 6.30. The number of hydrogen-bond acceptors (Lipinski definition) is 5. The highest BCUT2D eigenvalue weighted by atomic mass is 35.5. The van der Waals surface area contributed by atoms with Crippen molar-refractivity contribution < 1.29 is 13.9 Å². The maximum absolute atomic E-state index is 12.2. The van der Waals surface area contributed by atoms with E-state index in [1.807, 2.05) is 18.2 Å². The zero-order chi connectivity index (χ0) is 21.8. The molecule has 4 rings (SSSR count). The number of amides is 1. The van der Waals surface area contributed by atoms with Gasteiger partial charge in [-0.05, 0) is 55.2 Å². The number of fused-ring (bicyclic) bond motifs is 1. The van der Waals surface area contributed by atoms with Gasteiger partial charge in [-0.1, -0.05) is 36.6 Å². The van der Waals surface area contributed by atoms with E-state index in [1.54, 1.807) is 19.1 Å². The van der Waals surface area contributed by atoms with E-state index >= 15 is 0 Å². The molecule has 1 aliphatic carbocycles. The van der Waals surface area contributed by atoms with Gasteiger partial charge in [0.15, 0.2) is 0 Å². The molecule has 1 aromatic heterocycles. The zero-order valence-electron chi connectivity index (χ0n) is 17.4. The Bertz CT molecular complexity index is 1130. The fraction of sp³-hybridized carbons (Fsp3) is 0.333. The van der Waals surface area contributed by atoms with Crippen molar-refractivity contribution in [3.8, 4) is 0 Å². The smallest absolute Gasteiger partial charge is 0.411 e. The fourth-order valence-electron chi connectivity index (χ4n) is 4.32. The minimum absolute atomic E-state index is 0.141. The molecule has 0 radical (unpaired) electrons. The molecule has 7 heteroatoms. The second kappa shape index (κ2) is 9.12. The molecule has 0 saturated heterocycles. The van der Waals surface area contributed by atoms with E-state index in [9.17, 15) is 9.59 Å². The van der Waals surface area contributed by atoms with Gasteiger partial charge in [-0.3, -0.25) is 5.32 Å². The van der Waals surface area contributed by atoms with Crippen LogP contribution in [-0.2, 0) is 16.8 Å². The lowest BCUT2D eigenvalue weighted by molar-refractivity contribution is 0.168. The normalized spacial score (nSPS) is 15.2. The van der Waals surface area contributed by atoms with Crippen molar-refractivity contribution >= 4 is 34.4 Å². The molecule has 1 heterocycles. The summed E-state index contributed by atoms with van der Waals surface area (Å²) in [4.78, 5) is 23.9. The Labute approximate surface area is 185 Å². The molecule has 162 valence electrons. The topological polar surface area (TPSA) is 80.6 Å². The number of halogens is 1. The number of ether oxygens (including phenoxy) is 1. The molecule has 1 fully saturated rings. The number of nitrogens with one attached hydrogen (secondary N) is 2. The standard InChI is InChI=1S/C24H25ClN2O4/c1-2-30-23(29)27-19-9-10-20-16(13-22(28)31-21(20)14-19)15-26-24(11-3-4-12-24)17-5-7-18(25)8-6-17/h5-10,13-14,26H,2-4,11-12,15H2,1H3,(H,27,29). The Morgan fingerprint density at radius 2 is 1.87 bits per heavy atom. The Kier molecular flexibility index (Phi) is 6.30. The van der Waals surface area contributed by atoms with Crippen LogP contribution in [0.15, 0.2) is 57.7 Å². The summed E-state index contributed by atoms with van der Waals surface area (Å²) in [6, 6.07) is 14.8. The SMILES string of the molecule is CCOC(=O)Nc1ccc2c(CNC3(c4ccc(Cl)cc4)CCCC3)cc(=O)oc2c1. The van der Waals surface area contributed by atoms with Gasteiger partial charge in [-0.2, -0.15) is 0 Å². The monoisotopic (exact) mass is 440 g/mol. The van der Waals surface area contributed by atoms with E-state index in [4.69, 9.17) is 20.8 Å². The van der Waals surface area contributed by atoms with Crippen molar-refractivity contribution in [3.05, 3.63) is 75.1 Å². The molecular weight excluding hydrogens is 416 g/mol. The Balaban J connectivity index is 1.61. The summed E-state index contributed by atoms with van der Waals surface area (Å²) in [5.74, 6) is 0. The van der Waals surface area contributed by atoms with Gasteiger partial charge in [0.25, 0.3) is 0 Å². The Morgan fingerprint density at radius 1 is 1.13 bits per heavy atom. The summed E-state index contributed by atoms with van der Waals surface area (Å²) in [6.45, 7) is 2.54. The third-order valence-electron chi connectivity index (χ3n) is 5.82. The summed E-state index contributed by atoms with van der Waals surface area (Å²) in [5, 5.41) is 7.89. The van der Waals surface area contributed by atoms with Crippen LogP contribution in [0.3, 0.4) is 0 Å². The van der Waals surface area contributed by atoms with Gasteiger partial charge >= 0.3 is 11.7 Å². The summed E-state index contributed by atoms with van der Waals surface area (Å²) >= 11 is 6.08. The van der Waals surface area contributed by atoms with Crippen molar-refractivity contribution in [2.75, 3.05) is 11.9 Å². The lowest BCUT2D eigenvalue weighted by Crippen LogP contribution is -2.39. The summed E-state index contributed by atoms with van der Waals surface area (Å²) < 4.78 is 10.3. The molecule has 0 bridgehead atoms. The number of hydrogen-bond donors (Lipinski definition) is 2. The van der Waals surface area contributed by atoms with Crippen LogP contribution in [0.5, 0.6) is 0 Å². The van der Waals surface area contributed by atoms with Gasteiger partial charge in [-0.15, -0.1) is 0 Å². The number of carbonyl (C=O) groups excluding carboxylic acids is 1. The molecule has 6 nitrogen and oxygen atoms in total. The average Bonchev–Trinajstić information content (AvgIpc) is 3.22. The molecule has 1 aliphatic rings. The molecule has 0 atom stereocenters. The summed E-state index contributed by atoms with van der Waals surface area (Å²) in [7, 11) is 0. The Hall–Kier alpha value is -2.83. The van der Waals surface area contributed by atoms with Crippen LogP contribution in [0.25, 0.3) is 11.0 Å². The summed E-state index contributed by atoms with van der Waals surface area (Å²) in [6.07, 6.45) is 3.81. The maximum Gasteiger partial charge on any atom is 0.411 e. The van der Waals surface area contributed by atoms with Crippen molar-refractivity contribution in [3.63, 3.8) is 0 Å². The van der Waals surface area contributed by atoms with Gasteiger partial charge in [-0.25, -0.2) is 9.59 Å². The first kappa shape index (κ1) is 21.4. The molecule has 2 aromatic carbocycles. The largest absolute Gasteiger partial charge is 0.450 e. The number of anilines is 1. The van der Waals surface area contributed by atoms with Crippen LogP contribution >= 0.6 is 11.6 Å². The fourth-order valence-corrected chi connectivity index (χ4v) is 4.44. The van der Waals surface area contributed by atoms with Gasteiger partial charge in [0.2, 0.25) is 0 Å². The molecule has 0 spiro atoms. The molecule has 2 N–H and O–H groups in total. The van der Waals surface area contributed by atoms with E-state index < -0.39 is 11.7 Å². The van der Waals surface area contributed by atoms with Crippen LogP contribution in [-0.4, -0.2) is 12.7 Å². The first-order chi connectivity index (χ1) is 15.0. The van der Waals surface area contributed by atoms with Gasteiger partial charge < -0.3 is 14.5 Å². The number of benzene rings is 2. The average molecular weight is 441 g/mol. The highest BCUT2D eigenvalue weighted by Crippen LogP contribution is 2.39. The van der Waals surface area contributed by atoms with Crippen LogP contribution in [0.2, 0.25) is 5.02 Å². The van der Waals surface area contributed by atoms with Gasteiger partial charge in [0, 0.05) is 40.3 Å². The van der Waals surface area contributed by atoms with Crippen molar-refractivity contribution in [2.24, 2.45) is 0 Å². The van der Waals surface area contributed by atoms with Gasteiger partial charge in [0.05, 0.1) is 6.61 Å². The zero-order valence-corrected chi connectivity index (χ0v) is 18.1. The lowest BCUT2D eigenvalue weighted by atomic mass is 9.88. The molecular formula is C24H25ClN2O4. The number of carbonyl (C=O) groups is 1. The molecule has 31 heavy (non-hydrogen) atoms. The molecule has 1 saturated carbocycles. The quantitative estimate of drug-likeness (QED) is 0.489. The predicted octanol–water partition coefficient (Wildman–Crippen LogP) is 5.57. The highest BCUT2D eigenvalue weighted by Gasteiger charge is 2.35. The molecule has 0 unspecified atom stereocenters. The molecule has 3 aromatic rings.